The highest BCUT2D eigenvalue weighted by molar-refractivity contribution is 7.90. The predicted molar refractivity (Wildman–Crippen MR) is 125 cm³/mol. The van der Waals surface area contributed by atoms with Gasteiger partial charge in [-0.1, -0.05) is 71.8 Å². The van der Waals surface area contributed by atoms with Gasteiger partial charge in [-0.05, 0) is 49.2 Å². The van der Waals surface area contributed by atoms with Crippen LogP contribution in [0, 0.1) is 6.92 Å². The Bertz CT molecular complexity index is 1240. The second-order valence-electron chi connectivity index (χ2n) is 7.46. The maximum absolute atomic E-state index is 12.8. The van der Waals surface area contributed by atoms with Crippen LogP contribution in [0.2, 0.25) is 5.02 Å². The van der Waals surface area contributed by atoms with E-state index in [0.29, 0.717) is 17.4 Å². The van der Waals surface area contributed by atoms with Gasteiger partial charge in [-0.15, -0.1) is 4.40 Å². The number of hydrazone groups is 1. The van der Waals surface area contributed by atoms with Crippen molar-refractivity contribution < 1.29 is 8.42 Å². The molecule has 1 unspecified atom stereocenters. The molecule has 1 aliphatic rings. The van der Waals surface area contributed by atoms with Crippen LogP contribution in [0.15, 0.2) is 93.3 Å². The molecule has 5 nitrogen and oxygen atoms in total. The van der Waals surface area contributed by atoms with Crippen molar-refractivity contribution in [2.24, 2.45) is 9.50 Å². The Kier molecular flexibility index (Phi) is 5.94. The zero-order chi connectivity index (χ0) is 22.0. The molecule has 1 aliphatic heterocycles. The molecule has 0 saturated heterocycles. The Morgan fingerprint density at radius 2 is 1.65 bits per heavy atom. The average molecular weight is 452 g/mol. The van der Waals surface area contributed by atoms with Gasteiger partial charge in [-0.3, -0.25) is 0 Å². The van der Waals surface area contributed by atoms with Crippen molar-refractivity contribution in [3.8, 4) is 0 Å². The number of aryl methyl sites for hydroxylation is 1. The van der Waals surface area contributed by atoms with Crippen molar-refractivity contribution in [3.05, 3.63) is 101 Å². The van der Waals surface area contributed by atoms with Gasteiger partial charge in [0.15, 0.2) is 0 Å². The van der Waals surface area contributed by atoms with E-state index in [2.05, 4.69) is 16.5 Å². The molecule has 1 heterocycles. The summed E-state index contributed by atoms with van der Waals surface area (Å²) in [4.78, 5) is 0.165. The molecule has 4 rings (SSSR count). The molecule has 0 aromatic heterocycles. The van der Waals surface area contributed by atoms with Gasteiger partial charge >= 0.3 is 0 Å². The SMILES string of the molecule is C/C(=N\S(=O)(=O)c1ccc(C)cc1)N1CC(c2ccccc2)C(c2ccc(Cl)cc2)=N1. The zero-order valence-electron chi connectivity index (χ0n) is 17.2. The monoisotopic (exact) mass is 451 g/mol. The molecule has 3 aromatic rings. The summed E-state index contributed by atoms with van der Waals surface area (Å²) in [6.45, 7) is 4.08. The quantitative estimate of drug-likeness (QED) is 0.401. The van der Waals surface area contributed by atoms with Crippen molar-refractivity contribution in [1.82, 2.24) is 5.01 Å². The third kappa shape index (κ3) is 4.70. The molecule has 31 heavy (non-hydrogen) atoms. The van der Waals surface area contributed by atoms with Crippen LogP contribution in [-0.4, -0.2) is 31.5 Å². The Labute approximate surface area is 187 Å². The van der Waals surface area contributed by atoms with Crippen molar-refractivity contribution in [1.29, 1.82) is 0 Å². The largest absolute Gasteiger partial charge is 0.283 e. The fourth-order valence-electron chi connectivity index (χ4n) is 3.52. The van der Waals surface area contributed by atoms with Gasteiger partial charge in [0.1, 0.15) is 5.84 Å². The van der Waals surface area contributed by atoms with E-state index in [1.54, 1.807) is 36.2 Å². The number of nitrogens with zero attached hydrogens (tertiary/aromatic N) is 3. The van der Waals surface area contributed by atoms with E-state index in [4.69, 9.17) is 16.7 Å². The summed E-state index contributed by atoms with van der Waals surface area (Å²) in [7, 11) is -3.82. The lowest BCUT2D eigenvalue weighted by Gasteiger charge is -2.16. The van der Waals surface area contributed by atoms with Gasteiger partial charge in [0.25, 0.3) is 10.0 Å². The van der Waals surface area contributed by atoms with E-state index in [9.17, 15) is 8.42 Å². The lowest BCUT2D eigenvalue weighted by atomic mass is 9.91. The Hall–Kier alpha value is -2.96. The Morgan fingerprint density at radius 3 is 2.29 bits per heavy atom. The third-order valence-corrected chi connectivity index (χ3v) is 6.83. The average Bonchev–Trinajstić information content (AvgIpc) is 3.21. The van der Waals surface area contributed by atoms with Crippen LogP contribution in [0.5, 0.6) is 0 Å². The first-order valence-corrected chi connectivity index (χ1v) is 11.7. The Morgan fingerprint density at radius 1 is 1.00 bits per heavy atom. The number of hydrogen-bond acceptors (Lipinski definition) is 3. The van der Waals surface area contributed by atoms with Gasteiger partial charge in [0, 0.05) is 10.9 Å². The summed E-state index contributed by atoms with van der Waals surface area (Å²) in [6.07, 6.45) is 0. The standard InChI is InChI=1S/C24H22ClN3O2S/c1-17-8-14-22(15-9-17)31(29,30)27-18(2)28-16-23(19-6-4-3-5-7-19)24(26-28)20-10-12-21(25)13-11-20/h3-15,23H,16H2,1-2H3/b27-18+. The van der Waals surface area contributed by atoms with Gasteiger partial charge in [-0.2, -0.15) is 13.5 Å². The van der Waals surface area contributed by atoms with Crippen molar-refractivity contribution in [3.63, 3.8) is 0 Å². The van der Waals surface area contributed by atoms with Crippen molar-refractivity contribution >= 4 is 33.2 Å². The van der Waals surface area contributed by atoms with Gasteiger partial charge in [-0.25, -0.2) is 5.01 Å². The number of halogens is 1. The molecule has 0 fully saturated rings. The van der Waals surface area contributed by atoms with Crippen LogP contribution in [-0.2, 0) is 10.0 Å². The highest BCUT2D eigenvalue weighted by Crippen LogP contribution is 2.30. The first-order valence-electron chi connectivity index (χ1n) is 9.89. The van der Waals surface area contributed by atoms with Crippen LogP contribution in [0.3, 0.4) is 0 Å². The van der Waals surface area contributed by atoms with E-state index in [1.807, 2.05) is 49.4 Å². The highest BCUT2D eigenvalue weighted by atomic mass is 35.5. The smallest absolute Gasteiger partial charge is 0.250 e. The number of benzene rings is 3. The van der Waals surface area contributed by atoms with Crippen LogP contribution in [0.25, 0.3) is 0 Å². The topological polar surface area (TPSA) is 62.1 Å². The summed E-state index contributed by atoms with van der Waals surface area (Å²) in [6, 6.07) is 24.2. The fraction of sp³-hybridized carbons (Fsp3) is 0.167. The molecule has 7 heteroatoms. The van der Waals surface area contributed by atoms with E-state index in [1.165, 1.54) is 0 Å². The molecule has 0 spiro atoms. The number of rotatable bonds is 4. The predicted octanol–water partition coefficient (Wildman–Crippen LogP) is 5.26. The summed E-state index contributed by atoms with van der Waals surface area (Å²) in [5, 5.41) is 7.06. The molecule has 3 aromatic carbocycles. The minimum absolute atomic E-state index is 0.0189. The van der Waals surface area contributed by atoms with E-state index >= 15 is 0 Å². The first kappa shape index (κ1) is 21.3. The maximum Gasteiger partial charge on any atom is 0.283 e. The van der Waals surface area contributed by atoms with Crippen LogP contribution >= 0.6 is 11.6 Å². The molecule has 1 atom stereocenters. The summed E-state index contributed by atoms with van der Waals surface area (Å²) >= 11 is 6.06. The third-order valence-electron chi connectivity index (χ3n) is 5.20. The molecule has 0 bridgehead atoms. The van der Waals surface area contributed by atoms with Crippen molar-refractivity contribution in [2.75, 3.05) is 6.54 Å². The molecular weight excluding hydrogens is 430 g/mol. The minimum atomic E-state index is -3.82. The highest BCUT2D eigenvalue weighted by Gasteiger charge is 2.31. The lowest BCUT2D eigenvalue weighted by molar-refractivity contribution is 0.472. The van der Waals surface area contributed by atoms with Crippen LogP contribution in [0.4, 0.5) is 0 Å². The lowest BCUT2D eigenvalue weighted by Crippen LogP contribution is -2.24. The number of hydrogen-bond donors (Lipinski definition) is 0. The molecule has 0 amide bonds. The van der Waals surface area contributed by atoms with E-state index in [0.717, 1.165) is 22.4 Å². The van der Waals surface area contributed by atoms with Crippen LogP contribution in [0.1, 0.15) is 29.5 Å². The zero-order valence-corrected chi connectivity index (χ0v) is 18.8. The summed E-state index contributed by atoms with van der Waals surface area (Å²) in [5.41, 5.74) is 3.88. The summed E-state index contributed by atoms with van der Waals surface area (Å²) < 4.78 is 29.6. The maximum atomic E-state index is 12.8. The Balaban J connectivity index is 1.70. The molecular formula is C24H22ClN3O2S. The molecule has 0 aliphatic carbocycles. The number of amidine groups is 1. The van der Waals surface area contributed by atoms with Gasteiger partial charge in [0.2, 0.25) is 0 Å². The van der Waals surface area contributed by atoms with E-state index in [-0.39, 0.29) is 10.8 Å². The first-order chi connectivity index (χ1) is 14.8. The number of sulfonamides is 1. The van der Waals surface area contributed by atoms with Gasteiger partial charge in [0.05, 0.1) is 17.2 Å². The molecule has 0 N–H and O–H groups in total. The second kappa shape index (κ2) is 8.65. The molecule has 0 saturated carbocycles. The molecule has 158 valence electrons. The fourth-order valence-corrected chi connectivity index (χ4v) is 4.67. The second-order valence-corrected chi connectivity index (χ2v) is 9.50. The normalized spacial score (nSPS) is 17.0. The van der Waals surface area contributed by atoms with Crippen LogP contribution < -0.4 is 0 Å². The molecule has 0 radical (unpaired) electrons. The van der Waals surface area contributed by atoms with Crippen molar-refractivity contribution in [2.45, 2.75) is 24.7 Å². The summed E-state index contributed by atoms with van der Waals surface area (Å²) in [5.74, 6) is 0.306. The van der Waals surface area contributed by atoms with Gasteiger partial charge < -0.3 is 0 Å². The van der Waals surface area contributed by atoms with E-state index < -0.39 is 10.0 Å². The minimum Gasteiger partial charge on any atom is -0.250 e.